The molecular weight excluding hydrogens is 342 g/mol. The molecule has 0 saturated heterocycles. The first-order chi connectivity index (χ1) is 12.9. The molecule has 7 nitrogen and oxygen atoms in total. The van der Waals surface area contributed by atoms with Gasteiger partial charge in [0.1, 0.15) is 23.5 Å². The first kappa shape index (κ1) is 18.2. The number of nitriles is 2. The third kappa shape index (κ3) is 3.41. The Hall–Kier alpha value is -3.55. The number of para-hydroxylation sites is 1. The van der Waals surface area contributed by atoms with Crippen LogP contribution in [0.25, 0.3) is 0 Å². The van der Waals surface area contributed by atoms with E-state index in [1.54, 1.807) is 44.2 Å². The van der Waals surface area contributed by atoms with Crippen LogP contribution in [0, 0.1) is 28.2 Å². The molecule has 1 aliphatic heterocycles. The summed E-state index contributed by atoms with van der Waals surface area (Å²) in [6.45, 7) is 3.44. The normalized spacial score (nSPS) is 19.6. The quantitative estimate of drug-likeness (QED) is 0.328. The summed E-state index contributed by atoms with van der Waals surface area (Å²) in [6, 6.07) is 15.1. The lowest BCUT2D eigenvalue weighted by Gasteiger charge is -2.44. The van der Waals surface area contributed by atoms with Gasteiger partial charge in [-0.2, -0.15) is 10.5 Å². The van der Waals surface area contributed by atoms with E-state index in [9.17, 15) is 15.6 Å². The summed E-state index contributed by atoms with van der Waals surface area (Å²) >= 11 is 0. The first-order valence-corrected chi connectivity index (χ1v) is 8.38. The summed E-state index contributed by atoms with van der Waals surface area (Å²) in [4.78, 5) is 1.10. The van der Waals surface area contributed by atoms with Gasteiger partial charge in [0.05, 0.1) is 11.6 Å². The van der Waals surface area contributed by atoms with E-state index >= 15 is 0 Å². The van der Waals surface area contributed by atoms with Crippen LogP contribution in [-0.4, -0.2) is 27.7 Å². The SMILES string of the molecule is CC1(C)Oc2ccc(C#N)cc2C(N(C#N)C(=N)Nc2ccccc2)C1O. The zero-order chi connectivity index (χ0) is 19.6. The number of ether oxygens (including phenoxy) is 1. The van der Waals surface area contributed by atoms with Gasteiger partial charge in [-0.25, -0.2) is 4.90 Å². The second kappa shape index (κ2) is 6.99. The molecule has 0 saturated carbocycles. The van der Waals surface area contributed by atoms with E-state index in [-0.39, 0.29) is 5.96 Å². The summed E-state index contributed by atoms with van der Waals surface area (Å²) in [7, 11) is 0. The molecule has 3 N–H and O–H groups in total. The molecule has 2 aromatic rings. The molecule has 0 bridgehead atoms. The van der Waals surface area contributed by atoms with E-state index in [1.807, 2.05) is 24.4 Å². The van der Waals surface area contributed by atoms with Crippen molar-refractivity contribution in [2.24, 2.45) is 0 Å². The van der Waals surface area contributed by atoms with Crippen LogP contribution in [0.1, 0.15) is 31.0 Å². The van der Waals surface area contributed by atoms with Crippen LogP contribution in [0.5, 0.6) is 5.75 Å². The first-order valence-electron chi connectivity index (χ1n) is 8.38. The summed E-state index contributed by atoms with van der Waals surface area (Å²) in [5.74, 6) is 0.292. The monoisotopic (exact) mass is 361 g/mol. The van der Waals surface area contributed by atoms with Gasteiger partial charge >= 0.3 is 0 Å². The molecule has 0 fully saturated rings. The van der Waals surface area contributed by atoms with Gasteiger partial charge in [0, 0.05) is 11.3 Å². The third-order valence-corrected chi connectivity index (χ3v) is 4.51. The fraction of sp³-hybridized carbons (Fsp3) is 0.250. The van der Waals surface area contributed by atoms with Gasteiger partial charge in [-0.3, -0.25) is 5.41 Å². The van der Waals surface area contributed by atoms with Gasteiger partial charge in [-0.15, -0.1) is 0 Å². The van der Waals surface area contributed by atoms with Crippen LogP contribution in [0.3, 0.4) is 0 Å². The number of nitrogens with one attached hydrogen (secondary N) is 2. The lowest BCUT2D eigenvalue weighted by atomic mass is 9.85. The smallest absolute Gasteiger partial charge is 0.209 e. The van der Waals surface area contributed by atoms with Crippen LogP contribution in [-0.2, 0) is 0 Å². The molecule has 7 heteroatoms. The van der Waals surface area contributed by atoms with Crippen molar-refractivity contribution in [1.82, 2.24) is 4.90 Å². The van der Waals surface area contributed by atoms with Crippen molar-refractivity contribution in [2.45, 2.75) is 31.6 Å². The highest BCUT2D eigenvalue weighted by atomic mass is 16.5. The van der Waals surface area contributed by atoms with Gasteiger partial charge in [-0.05, 0) is 44.2 Å². The van der Waals surface area contributed by atoms with Gasteiger partial charge in [0.25, 0.3) is 0 Å². The average molecular weight is 361 g/mol. The van der Waals surface area contributed by atoms with Crippen LogP contribution in [0.4, 0.5) is 5.69 Å². The second-order valence-corrected chi connectivity index (χ2v) is 6.77. The summed E-state index contributed by atoms with van der Waals surface area (Å²) < 4.78 is 5.87. The Bertz CT molecular complexity index is 943. The number of hydrogen-bond acceptors (Lipinski definition) is 5. The van der Waals surface area contributed by atoms with Crippen molar-refractivity contribution in [3.63, 3.8) is 0 Å². The van der Waals surface area contributed by atoms with E-state index < -0.39 is 17.7 Å². The molecule has 1 heterocycles. The number of nitrogens with zero attached hydrogens (tertiary/aromatic N) is 3. The Labute approximate surface area is 157 Å². The van der Waals surface area contributed by atoms with E-state index in [0.29, 0.717) is 22.6 Å². The number of rotatable bonds is 2. The third-order valence-electron chi connectivity index (χ3n) is 4.51. The second-order valence-electron chi connectivity index (χ2n) is 6.77. The van der Waals surface area contributed by atoms with Gasteiger partial charge in [0.2, 0.25) is 5.96 Å². The number of hydrogen-bond donors (Lipinski definition) is 3. The van der Waals surface area contributed by atoms with E-state index in [2.05, 4.69) is 11.4 Å². The molecule has 136 valence electrons. The molecule has 2 aromatic carbocycles. The highest BCUT2D eigenvalue weighted by Gasteiger charge is 2.46. The number of aliphatic hydroxyl groups is 1. The maximum absolute atomic E-state index is 10.9. The minimum absolute atomic E-state index is 0.182. The molecule has 0 aliphatic carbocycles. The van der Waals surface area contributed by atoms with Gasteiger partial charge in [-0.1, -0.05) is 18.2 Å². The molecule has 0 radical (unpaired) electrons. The minimum Gasteiger partial charge on any atom is -0.485 e. The van der Waals surface area contributed by atoms with Gasteiger partial charge in [0.15, 0.2) is 6.19 Å². The summed E-state index contributed by atoms with van der Waals surface area (Å²) in [5.41, 5.74) is 0.541. The average Bonchev–Trinajstić information content (AvgIpc) is 2.65. The molecule has 1 aliphatic rings. The lowest BCUT2D eigenvalue weighted by Crippen LogP contribution is -2.54. The van der Waals surface area contributed by atoms with E-state index in [1.165, 1.54) is 0 Å². The van der Waals surface area contributed by atoms with E-state index in [4.69, 9.17) is 10.1 Å². The Kier molecular flexibility index (Phi) is 4.72. The molecule has 2 unspecified atom stereocenters. The maximum atomic E-state index is 10.9. The molecule has 0 amide bonds. The number of anilines is 1. The summed E-state index contributed by atoms with van der Waals surface area (Å²) in [5, 5.41) is 41.1. The van der Waals surface area contributed by atoms with Crippen LogP contribution in [0.15, 0.2) is 48.5 Å². The van der Waals surface area contributed by atoms with Crippen LogP contribution < -0.4 is 10.1 Å². The predicted molar refractivity (Wildman–Crippen MR) is 99.9 cm³/mol. The zero-order valence-corrected chi connectivity index (χ0v) is 15.0. The number of benzene rings is 2. The molecule has 27 heavy (non-hydrogen) atoms. The van der Waals surface area contributed by atoms with Crippen molar-refractivity contribution in [3.8, 4) is 18.0 Å². The molecular formula is C20H19N5O2. The standard InChI is InChI=1S/C20H19N5O2/c1-20(2)18(26)17(15-10-13(11-21)8-9-16(15)27-20)25(12-22)19(23)24-14-6-4-3-5-7-14/h3-10,17-18,26H,1-2H3,(H2,23,24). The van der Waals surface area contributed by atoms with Crippen molar-refractivity contribution < 1.29 is 9.84 Å². The number of fused-ring (bicyclic) bond motifs is 1. The topological polar surface area (TPSA) is 116 Å². The molecule has 3 rings (SSSR count). The summed E-state index contributed by atoms with van der Waals surface area (Å²) in [6.07, 6.45) is 0.886. The fourth-order valence-corrected chi connectivity index (χ4v) is 3.09. The Morgan fingerprint density at radius 1 is 1.22 bits per heavy atom. The Morgan fingerprint density at radius 3 is 2.56 bits per heavy atom. The van der Waals surface area contributed by atoms with Crippen molar-refractivity contribution in [3.05, 3.63) is 59.7 Å². The number of guanidine groups is 1. The highest BCUT2D eigenvalue weighted by molar-refractivity contribution is 5.92. The van der Waals surface area contributed by atoms with Crippen molar-refractivity contribution in [2.75, 3.05) is 5.32 Å². The van der Waals surface area contributed by atoms with E-state index in [0.717, 1.165) is 4.90 Å². The van der Waals surface area contributed by atoms with Crippen molar-refractivity contribution >= 4 is 11.6 Å². The Balaban J connectivity index is 2.03. The predicted octanol–water partition coefficient (Wildman–Crippen LogP) is 2.96. The maximum Gasteiger partial charge on any atom is 0.209 e. The molecule has 2 atom stereocenters. The van der Waals surface area contributed by atoms with Crippen LogP contribution >= 0.6 is 0 Å². The number of aliphatic hydroxyl groups excluding tert-OH is 1. The molecule has 0 aromatic heterocycles. The largest absolute Gasteiger partial charge is 0.485 e. The van der Waals surface area contributed by atoms with Crippen LogP contribution in [0.2, 0.25) is 0 Å². The highest BCUT2D eigenvalue weighted by Crippen LogP contribution is 2.43. The van der Waals surface area contributed by atoms with Gasteiger partial charge < -0.3 is 15.2 Å². The zero-order valence-electron chi connectivity index (χ0n) is 15.0. The molecule has 0 spiro atoms. The van der Waals surface area contributed by atoms with Crippen molar-refractivity contribution in [1.29, 1.82) is 15.9 Å². The lowest BCUT2D eigenvalue weighted by molar-refractivity contribution is -0.0750. The minimum atomic E-state index is -1.10. The fourth-order valence-electron chi connectivity index (χ4n) is 3.09. The Morgan fingerprint density at radius 2 is 1.93 bits per heavy atom.